The fourth-order valence-corrected chi connectivity index (χ4v) is 7.98. The summed E-state index contributed by atoms with van der Waals surface area (Å²) in [5, 5.41) is 13.3. The van der Waals surface area contributed by atoms with E-state index in [1.807, 2.05) is 6.08 Å². The molecule has 0 aromatic carbocycles. The van der Waals surface area contributed by atoms with Gasteiger partial charge in [-0.25, -0.2) is 0 Å². The molecule has 0 saturated heterocycles. The molecule has 0 heterocycles. The lowest BCUT2D eigenvalue weighted by atomic mass is 10.0. The topological polar surface area (TPSA) is 104 Å². The lowest BCUT2D eigenvalue weighted by Gasteiger charge is -2.21. The SMILES string of the molecule is CCCCCCC/C=C\C/C=C\CCCCCCCCCCCC(=O)NC(CS(=O)(=O)O)C(O)/C=C/CCCCCCCCCCCCCCCCCCC. The summed E-state index contributed by atoms with van der Waals surface area (Å²) in [7, 11) is -4.35. The molecule has 0 aliphatic rings. The van der Waals surface area contributed by atoms with Crippen molar-refractivity contribution in [3.63, 3.8) is 0 Å². The van der Waals surface area contributed by atoms with Crippen molar-refractivity contribution >= 4 is 16.0 Å². The van der Waals surface area contributed by atoms with Gasteiger partial charge in [-0.2, -0.15) is 8.42 Å². The van der Waals surface area contributed by atoms with E-state index in [1.165, 1.54) is 180 Å². The molecule has 0 fully saturated rings. The first-order chi connectivity index (χ1) is 26.8. The highest BCUT2D eigenvalue weighted by atomic mass is 32.2. The molecule has 0 radical (unpaired) electrons. The van der Waals surface area contributed by atoms with Crippen molar-refractivity contribution in [1.29, 1.82) is 0 Å². The zero-order valence-corrected chi connectivity index (χ0v) is 37.1. The lowest BCUT2D eigenvalue weighted by molar-refractivity contribution is -0.122. The van der Waals surface area contributed by atoms with Crippen LogP contribution in [0, 0.1) is 0 Å². The molecule has 55 heavy (non-hydrogen) atoms. The van der Waals surface area contributed by atoms with Crippen molar-refractivity contribution < 1.29 is 22.9 Å². The highest BCUT2D eigenvalue weighted by Crippen LogP contribution is 2.16. The molecule has 0 aliphatic carbocycles. The summed E-state index contributed by atoms with van der Waals surface area (Å²) in [6.45, 7) is 4.53. The van der Waals surface area contributed by atoms with Crippen LogP contribution in [0.25, 0.3) is 0 Å². The van der Waals surface area contributed by atoms with Crippen molar-refractivity contribution in [3.05, 3.63) is 36.5 Å². The van der Waals surface area contributed by atoms with E-state index in [0.717, 1.165) is 44.9 Å². The number of rotatable bonds is 43. The number of aliphatic hydroxyl groups excluding tert-OH is 1. The minimum Gasteiger partial charge on any atom is -0.387 e. The molecule has 6 nitrogen and oxygen atoms in total. The van der Waals surface area contributed by atoms with Gasteiger partial charge in [-0.15, -0.1) is 0 Å². The van der Waals surface area contributed by atoms with Crippen LogP contribution in [0.3, 0.4) is 0 Å². The number of hydrogen-bond acceptors (Lipinski definition) is 4. The van der Waals surface area contributed by atoms with Crippen molar-refractivity contribution in [3.8, 4) is 0 Å². The van der Waals surface area contributed by atoms with Gasteiger partial charge in [-0.05, 0) is 51.4 Å². The fraction of sp³-hybridized carbons (Fsp3) is 0.854. The molecule has 1 amide bonds. The molecule has 2 unspecified atom stereocenters. The van der Waals surface area contributed by atoms with E-state index in [-0.39, 0.29) is 5.91 Å². The zero-order chi connectivity index (χ0) is 40.3. The van der Waals surface area contributed by atoms with Gasteiger partial charge < -0.3 is 10.4 Å². The third-order valence-corrected chi connectivity index (χ3v) is 11.6. The Hall–Kier alpha value is -1.44. The number of aliphatic hydroxyl groups is 1. The molecule has 2 atom stereocenters. The van der Waals surface area contributed by atoms with Gasteiger partial charge >= 0.3 is 0 Å². The summed E-state index contributed by atoms with van der Waals surface area (Å²) in [5.74, 6) is -0.979. The van der Waals surface area contributed by atoms with Gasteiger partial charge in [-0.1, -0.05) is 224 Å². The van der Waals surface area contributed by atoms with Crippen molar-refractivity contribution in [1.82, 2.24) is 5.32 Å². The first-order valence-corrected chi connectivity index (χ1v) is 25.3. The number of unbranched alkanes of at least 4 members (excludes halogenated alkanes) is 31. The number of allylic oxidation sites excluding steroid dienone is 5. The second-order valence-electron chi connectivity index (χ2n) is 16.4. The number of nitrogens with one attached hydrogen (secondary N) is 1. The quantitative estimate of drug-likeness (QED) is 0.0324. The molecule has 324 valence electrons. The highest BCUT2D eigenvalue weighted by Gasteiger charge is 2.24. The van der Waals surface area contributed by atoms with Crippen LogP contribution < -0.4 is 5.32 Å². The highest BCUT2D eigenvalue weighted by molar-refractivity contribution is 7.85. The van der Waals surface area contributed by atoms with E-state index in [0.29, 0.717) is 6.42 Å². The van der Waals surface area contributed by atoms with E-state index in [1.54, 1.807) is 6.08 Å². The Kier molecular flexibility index (Phi) is 41.1. The molecular weight excluding hydrogens is 703 g/mol. The van der Waals surface area contributed by atoms with Crippen LogP contribution in [0.15, 0.2) is 36.5 Å². The summed E-state index contributed by atoms with van der Waals surface area (Å²) in [6.07, 6.45) is 55.6. The average Bonchev–Trinajstić information content (AvgIpc) is 3.15. The minimum atomic E-state index is -4.35. The summed E-state index contributed by atoms with van der Waals surface area (Å²) in [5.41, 5.74) is 0. The third kappa shape index (κ3) is 43.5. The first-order valence-electron chi connectivity index (χ1n) is 23.7. The standard InChI is InChI=1S/C48H91NO5S/c1-3-5-7-9-11-13-15-17-19-21-23-24-26-28-30-32-34-36-38-40-42-44-48(51)49-46(45-55(52,53)54)47(50)43-41-39-37-35-33-31-29-27-25-22-20-18-16-14-12-10-8-6-4-2/h15,17,21,23,41,43,46-47,50H,3-14,16,18-20,22,24-40,42,44-45H2,1-2H3,(H,49,51)(H,52,53,54)/b17-15-,23-21-,43-41+. The molecule has 0 aromatic heterocycles. The van der Waals surface area contributed by atoms with E-state index >= 15 is 0 Å². The van der Waals surface area contributed by atoms with Crippen LogP contribution in [0.2, 0.25) is 0 Å². The van der Waals surface area contributed by atoms with E-state index < -0.39 is 28.0 Å². The fourth-order valence-electron chi connectivity index (χ4n) is 7.25. The Morgan fingerprint density at radius 3 is 1.18 bits per heavy atom. The van der Waals surface area contributed by atoms with E-state index in [2.05, 4.69) is 43.5 Å². The van der Waals surface area contributed by atoms with Gasteiger partial charge in [0, 0.05) is 6.42 Å². The molecule has 0 rings (SSSR count). The van der Waals surface area contributed by atoms with E-state index in [9.17, 15) is 22.9 Å². The van der Waals surface area contributed by atoms with Gasteiger partial charge in [0.15, 0.2) is 0 Å². The summed E-state index contributed by atoms with van der Waals surface area (Å²) < 4.78 is 32.6. The van der Waals surface area contributed by atoms with Crippen LogP contribution in [0.4, 0.5) is 0 Å². The van der Waals surface area contributed by atoms with Crippen LogP contribution in [-0.2, 0) is 14.9 Å². The molecule has 0 aromatic rings. The number of carbonyl (C=O) groups excluding carboxylic acids is 1. The van der Waals surface area contributed by atoms with Gasteiger partial charge in [0.05, 0.1) is 17.9 Å². The molecule has 0 aliphatic heterocycles. The summed E-state index contributed by atoms with van der Waals surface area (Å²) >= 11 is 0. The number of hydrogen-bond donors (Lipinski definition) is 3. The second kappa shape index (κ2) is 42.2. The summed E-state index contributed by atoms with van der Waals surface area (Å²) in [4.78, 5) is 12.6. The van der Waals surface area contributed by atoms with Crippen molar-refractivity contribution in [2.24, 2.45) is 0 Å². The second-order valence-corrected chi connectivity index (χ2v) is 17.9. The van der Waals surface area contributed by atoms with Crippen molar-refractivity contribution in [2.75, 3.05) is 5.75 Å². The number of carbonyl (C=O) groups is 1. The average molecular weight is 794 g/mol. The predicted molar refractivity (Wildman–Crippen MR) is 239 cm³/mol. The van der Waals surface area contributed by atoms with Crippen molar-refractivity contribution in [2.45, 2.75) is 257 Å². The van der Waals surface area contributed by atoms with Gasteiger partial charge in [0.2, 0.25) is 5.91 Å². The Balaban J connectivity index is 3.85. The Morgan fingerprint density at radius 1 is 0.491 bits per heavy atom. The minimum absolute atomic E-state index is 0.280. The predicted octanol–water partition coefficient (Wildman–Crippen LogP) is 14.5. The Labute approximate surface area is 342 Å². The molecular formula is C48H91NO5S. The number of amides is 1. The maximum Gasteiger partial charge on any atom is 0.267 e. The van der Waals surface area contributed by atoms with Crippen LogP contribution in [0.5, 0.6) is 0 Å². The Morgan fingerprint density at radius 2 is 0.818 bits per heavy atom. The Bertz CT molecular complexity index is 1010. The van der Waals surface area contributed by atoms with Gasteiger partial charge in [0.25, 0.3) is 10.1 Å². The molecule has 3 N–H and O–H groups in total. The van der Waals surface area contributed by atoms with Gasteiger partial charge in [-0.3, -0.25) is 9.35 Å². The largest absolute Gasteiger partial charge is 0.387 e. The zero-order valence-electron chi connectivity index (χ0n) is 36.3. The molecule has 0 bridgehead atoms. The summed E-state index contributed by atoms with van der Waals surface area (Å²) in [6, 6.07) is -1.06. The normalized spacial score (nSPS) is 13.5. The van der Waals surface area contributed by atoms with Crippen LogP contribution >= 0.6 is 0 Å². The lowest BCUT2D eigenvalue weighted by Crippen LogP contribution is -2.46. The maximum absolute atomic E-state index is 12.6. The van der Waals surface area contributed by atoms with Crippen LogP contribution in [0.1, 0.15) is 245 Å². The first kappa shape index (κ1) is 53.6. The van der Waals surface area contributed by atoms with E-state index in [4.69, 9.17) is 0 Å². The molecule has 0 spiro atoms. The molecule has 7 heteroatoms. The molecule has 0 saturated carbocycles. The monoisotopic (exact) mass is 794 g/mol. The third-order valence-electron chi connectivity index (χ3n) is 10.8. The smallest absolute Gasteiger partial charge is 0.267 e. The maximum atomic E-state index is 12.6. The van der Waals surface area contributed by atoms with Crippen LogP contribution in [-0.4, -0.2) is 41.9 Å². The van der Waals surface area contributed by atoms with Gasteiger partial charge in [0.1, 0.15) is 0 Å².